The van der Waals surface area contributed by atoms with Gasteiger partial charge in [-0.05, 0) is 31.2 Å². The van der Waals surface area contributed by atoms with Crippen LogP contribution in [0.1, 0.15) is 63.4 Å². The third-order valence-electron chi connectivity index (χ3n) is 11.4. The van der Waals surface area contributed by atoms with Gasteiger partial charge in [-0.3, -0.25) is 28.9 Å². The van der Waals surface area contributed by atoms with Gasteiger partial charge in [-0.1, -0.05) is 43.2 Å². The Hall–Kier alpha value is -4.07. The van der Waals surface area contributed by atoms with E-state index in [0.29, 0.717) is 51.5 Å². The van der Waals surface area contributed by atoms with Gasteiger partial charge in [0.15, 0.2) is 12.6 Å². The molecule has 26 heteroatoms. The highest BCUT2D eigenvalue weighted by Crippen LogP contribution is 2.29. The number of unbranched alkanes of at least 4 members (excludes halogenated alkanes) is 4. The molecule has 1 aromatic carbocycles. The highest BCUT2D eigenvalue weighted by molar-refractivity contribution is 5.82. The average Bonchev–Trinajstić information content (AvgIpc) is 3.34. The molecule has 0 bridgehead atoms. The molecule has 3 heterocycles. The van der Waals surface area contributed by atoms with E-state index in [1.54, 1.807) is 0 Å². The van der Waals surface area contributed by atoms with Crippen LogP contribution in [0.2, 0.25) is 0 Å². The SMILES string of the molecule is O=C(O)CN(CC(=O)NCCCCCC(=O)NCCO[C@H]1O[C@H](CO)[C@@H](O)C(O[C@H]2O[C@H](CO)[C@@H](O)C(O)[C@@H]2O)C1O)CC(=O)NCCCCCC(=O)OCc1ccccc1.OCC1C[C@H](O)C(O)CO1. The van der Waals surface area contributed by atoms with E-state index < -0.39 is 111 Å². The molecule has 3 aliphatic rings. The molecule has 1 aromatic rings. The van der Waals surface area contributed by atoms with Crippen molar-refractivity contribution in [2.75, 3.05) is 72.3 Å². The number of nitrogens with zero attached hydrogens (tertiary/aromatic N) is 1. The summed E-state index contributed by atoms with van der Waals surface area (Å²) in [7, 11) is 0. The fraction of sp³-hybridized carbons (Fsp3) is 0.756. The second kappa shape index (κ2) is 33.6. The molecule has 5 unspecified atom stereocenters. The predicted octanol–water partition coefficient (Wildman–Crippen LogP) is -5.28. The van der Waals surface area contributed by atoms with Crippen LogP contribution in [-0.4, -0.2) is 243 Å². The van der Waals surface area contributed by atoms with Crippen LogP contribution < -0.4 is 16.0 Å². The van der Waals surface area contributed by atoms with Crippen molar-refractivity contribution in [3.63, 3.8) is 0 Å². The summed E-state index contributed by atoms with van der Waals surface area (Å²) in [5.41, 5.74) is 0.900. The largest absolute Gasteiger partial charge is 0.480 e. The zero-order chi connectivity index (χ0) is 52.3. The molecule has 3 amide bonds. The lowest BCUT2D eigenvalue weighted by Gasteiger charge is -2.45. The Morgan fingerprint density at radius 2 is 1.21 bits per heavy atom. The molecular weight excluding hydrogens is 949 g/mol. The highest BCUT2D eigenvalue weighted by Gasteiger charge is 2.51. The maximum Gasteiger partial charge on any atom is 0.317 e. The number of hydrogen-bond acceptors (Lipinski definition) is 22. The maximum absolute atomic E-state index is 12.5. The van der Waals surface area contributed by atoms with Gasteiger partial charge in [-0.2, -0.15) is 0 Å². The number of hydrogen-bond donors (Lipinski definition) is 14. The van der Waals surface area contributed by atoms with E-state index in [4.69, 9.17) is 43.7 Å². The molecule has 0 radical (unpaired) electrons. The minimum Gasteiger partial charge on any atom is -0.480 e. The smallest absolute Gasteiger partial charge is 0.317 e. The first-order valence-electron chi connectivity index (χ1n) is 23.7. The molecule has 4 rings (SSSR count). The lowest BCUT2D eigenvalue weighted by atomic mass is 9.97. The van der Waals surface area contributed by atoms with Gasteiger partial charge in [0, 0.05) is 38.9 Å². The molecule has 13 atom stereocenters. The first-order chi connectivity index (χ1) is 34.0. The van der Waals surface area contributed by atoms with Crippen molar-refractivity contribution in [3.05, 3.63) is 35.9 Å². The molecular formula is C45H74N4O22. The number of carbonyl (C=O) groups excluding carboxylic acids is 4. The quantitative estimate of drug-likeness (QED) is 0.0263. The summed E-state index contributed by atoms with van der Waals surface area (Å²) >= 11 is 0. The molecule has 3 saturated heterocycles. The summed E-state index contributed by atoms with van der Waals surface area (Å²) in [5.74, 6) is -2.73. The van der Waals surface area contributed by atoms with Crippen LogP contribution in [0.25, 0.3) is 0 Å². The summed E-state index contributed by atoms with van der Waals surface area (Å²) in [6, 6.07) is 9.33. The van der Waals surface area contributed by atoms with Crippen LogP contribution in [0.5, 0.6) is 0 Å². The van der Waals surface area contributed by atoms with E-state index in [1.165, 1.54) is 4.90 Å². The summed E-state index contributed by atoms with van der Waals surface area (Å²) in [4.78, 5) is 61.7. The van der Waals surface area contributed by atoms with E-state index in [9.17, 15) is 64.8 Å². The van der Waals surface area contributed by atoms with Crippen molar-refractivity contribution in [2.24, 2.45) is 0 Å². The van der Waals surface area contributed by atoms with Crippen molar-refractivity contribution in [1.82, 2.24) is 20.9 Å². The Morgan fingerprint density at radius 1 is 0.620 bits per heavy atom. The zero-order valence-electron chi connectivity index (χ0n) is 39.6. The monoisotopic (exact) mass is 1020 g/mol. The number of nitrogens with one attached hydrogen (secondary N) is 3. The first kappa shape index (κ1) is 61.2. The van der Waals surface area contributed by atoms with Gasteiger partial charge in [-0.25, -0.2) is 0 Å². The van der Waals surface area contributed by atoms with Crippen LogP contribution in [0, 0.1) is 0 Å². The van der Waals surface area contributed by atoms with E-state index in [-0.39, 0.29) is 83.4 Å². The topological polar surface area (TPSA) is 403 Å². The summed E-state index contributed by atoms with van der Waals surface area (Å²) in [6.07, 6.45) is -13.6. The van der Waals surface area contributed by atoms with Gasteiger partial charge in [0.05, 0.1) is 64.9 Å². The highest BCUT2D eigenvalue weighted by atomic mass is 16.7. The number of amides is 3. The number of carboxylic acids is 1. The number of aliphatic hydroxyl groups excluding tert-OH is 10. The van der Waals surface area contributed by atoms with E-state index in [2.05, 4.69) is 16.0 Å². The number of benzene rings is 1. The summed E-state index contributed by atoms with van der Waals surface area (Å²) in [5, 5.41) is 115. The molecule has 26 nitrogen and oxygen atoms in total. The van der Waals surface area contributed by atoms with Gasteiger partial charge in [-0.15, -0.1) is 0 Å². The Morgan fingerprint density at radius 3 is 1.80 bits per heavy atom. The van der Waals surface area contributed by atoms with Gasteiger partial charge in [0.2, 0.25) is 17.7 Å². The summed E-state index contributed by atoms with van der Waals surface area (Å²) in [6.45, 7) is -1.95. The molecule has 14 N–H and O–H groups in total. The van der Waals surface area contributed by atoms with Gasteiger partial charge >= 0.3 is 11.9 Å². The lowest BCUT2D eigenvalue weighted by molar-refractivity contribution is -0.360. The van der Waals surface area contributed by atoms with Crippen LogP contribution in [0.4, 0.5) is 0 Å². The number of carbonyl (C=O) groups is 5. The number of aliphatic carboxylic acids is 1. The third-order valence-corrected chi connectivity index (χ3v) is 11.4. The van der Waals surface area contributed by atoms with Crippen molar-refractivity contribution in [1.29, 1.82) is 0 Å². The standard InChI is InChI=1S/C39H62N4O18.C6H12O4/c44-21-25-32(52)34(54)35(55)39(60-25)61-37-33(53)26(22-45)59-38(36(37)56)57-17-16-42-27(46)12-6-2-8-14-40-28(47)18-43(20-30(49)50)19-29(48)41-15-9-3-7-13-31(51)58-23-24-10-4-1-5-11-24;7-2-4-1-5(8)6(9)3-10-4/h1,4-5,10-11,25-26,32-39,44-45,52-56H,2-3,6-9,12-23H2,(H,40,47)(H,41,48)(H,42,46)(H,49,50);4-9H,1-3H2/t25-,26-,32-,33-,34?,35+,36?,37?,38+,39-;4?,5-,6?/m10/s1. The van der Waals surface area contributed by atoms with Crippen LogP contribution in [0.3, 0.4) is 0 Å². The van der Waals surface area contributed by atoms with Crippen molar-refractivity contribution < 1.29 is 109 Å². The maximum atomic E-state index is 12.5. The minimum atomic E-state index is -1.82. The molecule has 3 aliphatic heterocycles. The molecule has 0 spiro atoms. The fourth-order valence-corrected chi connectivity index (χ4v) is 7.41. The molecule has 3 fully saturated rings. The normalized spacial score (nSPS) is 28.5. The van der Waals surface area contributed by atoms with Crippen LogP contribution >= 0.6 is 0 Å². The number of ether oxygens (including phenoxy) is 6. The number of rotatable bonds is 29. The first-order valence-corrected chi connectivity index (χ1v) is 23.7. The van der Waals surface area contributed by atoms with Crippen LogP contribution in [0.15, 0.2) is 30.3 Å². The number of carboxylic acid groups (broad SMARTS) is 1. The minimum absolute atomic E-state index is 0.00910. The Bertz CT molecular complexity index is 1700. The van der Waals surface area contributed by atoms with Gasteiger partial charge in [0.1, 0.15) is 61.5 Å². The third kappa shape index (κ3) is 22.7. The van der Waals surface area contributed by atoms with E-state index in [0.717, 1.165) is 5.56 Å². The Kier molecular flexibility index (Phi) is 29.0. The molecule has 0 saturated carbocycles. The van der Waals surface area contributed by atoms with Crippen molar-refractivity contribution in [3.8, 4) is 0 Å². The number of esters is 1. The molecule has 71 heavy (non-hydrogen) atoms. The predicted molar refractivity (Wildman–Crippen MR) is 242 cm³/mol. The van der Waals surface area contributed by atoms with Crippen molar-refractivity contribution >= 4 is 29.7 Å². The molecule has 406 valence electrons. The average molecular weight is 1020 g/mol. The van der Waals surface area contributed by atoms with Crippen LogP contribution in [-0.2, 0) is 59.0 Å². The second-order valence-electron chi connectivity index (χ2n) is 17.2. The Labute approximate surface area is 410 Å². The van der Waals surface area contributed by atoms with E-state index in [1.807, 2.05) is 30.3 Å². The van der Waals surface area contributed by atoms with E-state index >= 15 is 0 Å². The van der Waals surface area contributed by atoms with Gasteiger partial charge in [0.25, 0.3) is 0 Å². The zero-order valence-corrected chi connectivity index (χ0v) is 39.6. The van der Waals surface area contributed by atoms with Gasteiger partial charge < -0.3 is 101 Å². The van der Waals surface area contributed by atoms with Crippen molar-refractivity contribution in [2.45, 2.75) is 144 Å². The molecule has 0 aliphatic carbocycles. The second-order valence-corrected chi connectivity index (χ2v) is 17.2. The lowest BCUT2D eigenvalue weighted by Crippen LogP contribution is -2.64. The number of aliphatic hydroxyl groups is 10. The summed E-state index contributed by atoms with van der Waals surface area (Å²) < 4.78 is 32.0. The molecule has 0 aromatic heterocycles. The fourth-order valence-electron chi connectivity index (χ4n) is 7.41. The Balaban J connectivity index is 0.00000118.